The molecule has 1 aliphatic carbocycles. The van der Waals surface area contributed by atoms with Crippen LogP contribution in [0.3, 0.4) is 0 Å². The summed E-state index contributed by atoms with van der Waals surface area (Å²) in [6.07, 6.45) is 7.85. The molecule has 136 valence electrons. The topological polar surface area (TPSA) is 65.8 Å². The average Bonchev–Trinajstić information content (AvgIpc) is 3.34. The molecule has 2 aliphatic rings. The van der Waals surface area contributed by atoms with Crippen LogP contribution in [-0.4, -0.2) is 60.4 Å². The van der Waals surface area contributed by atoms with E-state index in [1.807, 2.05) is 4.90 Å². The van der Waals surface area contributed by atoms with Crippen LogP contribution < -0.4 is 5.32 Å². The third kappa shape index (κ3) is 4.12. The van der Waals surface area contributed by atoms with Gasteiger partial charge in [-0.05, 0) is 30.9 Å². The highest BCUT2D eigenvalue weighted by atomic mass is 16.3. The smallest absolute Gasteiger partial charge is 0.289 e. The van der Waals surface area contributed by atoms with Crippen LogP contribution in [-0.2, 0) is 4.79 Å². The van der Waals surface area contributed by atoms with Crippen LogP contribution in [0.2, 0.25) is 0 Å². The Morgan fingerprint density at radius 1 is 1.28 bits per heavy atom. The maximum Gasteiger partial charge on any atom is 0.289 e. The molecule has 0 radical (unpaired) electrons. The van der Waals surface area contributed by atoms with E-state index in [0.717, 1.165) is 25.9 Å². The van der Waals surface area contributed by atoms with Gasteiger partial charge in [-0.15, -0.1) is 6.58 Å². The summed E-state index contributed by atoms with van der Waals surface area (Å²) in [7, 11) is 0. The first-order valence-electron chi connectivity index (χ1n) is 9.16. The molecule has 2 amide bonds. The van der Waals surface area contributed by atoms with Gasteiger partial charge in [-0.3, -0.25) is 14.5 Å². The molecule has 1 aromatic rings. The number of nitrogens with one attached hydrogen (secondary N) is 1. The number of furan rings is 1. The van der Waals surface area contributed by atoms with Gasteiger partial charge in [-0.1, -0.05) is 18.9 Å². The molecule has 1 aliphatic heterocycles. The zero-order valence-corrected chi connectivity index (χ0v) is 14.7. The Morgan fingerprint density at radius 3 is 2.60 bits per heavy atom. The van der Waals surface area contributed by atoms with E-state index in [1.54, 1.807) is 18.2 Å². The fourth-order valence-corrected chi connectivity index (χ4v) is 3.99. The van der Waals surface area contributed by atoms with Crippen molar-refractivity contribution in [2.75, 3.05) is 32.7 Å². The highest BCUT2D eigenvalue weighted by molar-refractivity contribution is 5.91. The fraction of sp³-hybridized carbons (Fsp3) is 0.579. The van der Waals surface area contributed by atoms with E-state index in [1.165, 1.54) is 19.1 Å². The van der Waals surface area contributed by atoms with E-state index in [-0.39, 0.29) is 17.9 Å². The molecule has 1 atom stereocenters. The Morgan fingerprint density at radius 2 is 2.00 bits per heavy atom. The lowest BCUT2D eigenvalue weighted by molar-refractivity contribution is -0.129. The number of rotatable bonds is 6. The van der Waals surface area contributed by atoms with Crippen molar-refractivity contribution in [1.82, 2.24) is 15.1 Å². The maximum absolute atomic E-state index is 12.7. The summed E-state index contributed by atoms with van der Waals surface area (Å²) in [4.78, 5) is 29.1. The van der Waals surface area contributed by atoms with E-state index in [2.05, 4.69) is 16.8 Å². The summed E-state index contributed by atoms with van der Waals surface area (Å²) in [6.45, 7) is 6.85. The van der Waals surface area contributed by atoms with Crippen LogP contribution >= 0.6 is 0 Å². The summed E-state index contributed by atoms with van der Waals surface area (Å²) in [6, 6.07) is 3.32. The SMILES string of the molecule is C=CCNC(=O)C(C1CCCC1)N1CCN(C(=O)c2ccco2)CC1. The van der Waals surface area contributed by atoms with Gasteiger partial charge in [0.25, 0.3) is 5.91 Å². The summed E-state index contributed by atoms with van der Waals surface area (Å²) in [5.41, 5.74) is 0. The largest absolute Gasteiger partial charge is 0.459 e. The van der Waals surface area contributed by atoms with Crippen molar-refractivity contribution >= 4 is 11.8 Å². The van der Waals surface area contributed by atoms with Gasteiger partial charge in [0.15, 0.2) is 5.76 Å². The third-order valence-corrected chi connectivity index (χ3v) is 5.26. The summed E-state index contributed by atoms with van der Waals surface area (Å²) in [5.74, 6) is 0.817. The molecule has 0 aromatic carbocycles. The first kappa shape index (κ1) is 17.7. The van der Waals surface area contributed by atoms with Gasteiger partial charge in [0.2, 0.25) is 5.91 Å². The minimum absolute atomic E-state index is 0.0711. The lowest BCUT2D eigenvalue weighted by Crippen LogP contribution is -2.58. The standard InChI is InChI=1S/C19H27N3O3/c1-2-9-20-18(23)17(15-6-3-4-7-15)21-10-12-22(13-11-21)19(24)16-8-5-14-25-16/h2,5,8,14-15,17H,1,3-4,6-7,9-13H2,(H,20,23). The Labute approximate surface area is 148 Å². The van der Waals surface area contributed by atoms with Gasteiger partial charge < -0.3 is 14.6 Å². The van der Waals surface area contributed by atoms with Crippen LogP contribution in [0.4, 0.5) is 0 Å². The van der Waals surface area contributed by atoms with Crippen molar-refractivity contribution in [2.45, 2.75) is 31.7 Å². The molecular formula is C19H27N3O3. The van der Waals surface area contributed by atoms with Crippen molar-refractivity contribution in [1.29, 1.82) is 0 Å². The summed E-state index contributed by atoms with van der Waals surface area (Å²) >= 11 is 0. The number of hydrogen-bond acceptors (Lipinski definition) is 4. The second kappa shape index (κ2) is 8.34. The molecule has 1 saturated carbocycles. The summed E-state index contributed by atoms with van der Waals surface area (Å²) < 4.78 is 5.21. The minimum atomic E-state index is -0.0942. The number of carbonyl (C=O) groups excluding carboxylic acids is 2. The van der Waals surface area contributed by atoms with E-state index in [9.17, 15) is 9.59 Å². The van der Waals surface area contributed by atoms with Gasteiger partial charge in [0, 0.05) is 32.7 Å². The lowest BCUT2D eigenvalue weighted by atomic mass is 9.95. The molecule has 6 heteroatoms. The van der Waals surface area contributed by atoms with Crippen molar-refractivity contribution in [3.63, 3.8) is 0 Å². The zero-order valence-electron chi connectivity index (χ0n) is 14.7. The number of carbonyl (C=O) groups is 2. The second-order valence-corrected chi connectivity index (χ2v) is 6.83. The Hall–Kier alpha value is -2.08. The molecule has 0 spiro atoms. The van der Waals surface area contributed by atoms with E-state index in [4.69, 9.17) is 4.42 Å². The van der Waals surface area contributed by atoms with Crippen LogP contribution in [0, 0.1) is 5.92 Å². The highest BCUT2D eigenvalue weighted by Crippen LogP contribution is 2.31. The molecule has 1 aromatic heterocycles. The fourth-order valence-electron chi connectivity index (χ4n) is 3.99. The average molecular weight is 345 g/mol. The molecule has 6 nitrogen and oxygen atoms in total. The van der Waals surface area contributed by atoms with Crippen LogP contribution in [0.25, 0.3) is 0 Å². The molecule has 1 saturated heterocycles. The Kier molecular flexibility index (Phi) is 5.91. The van der Waals surface area contributed by atoms with Gasteiger partial charge in [-0.25, -0.2) is 0 Å². The minimum Gasteiger partial charge on any atom is -0.459 e. The molecule has 1 unspecified atom stereocenters. The predicted molar refractivity (Wildman–Crippen MR) is 95.1 cm³/mol. The Bertz CT molecular complexity index is 585. The van der Waals surface area contributed by atoms with Crippen molar-refractivity contribution in [3.8, 4) is 0 Å². The van der Waals surface area contributed by atoms with E-state index in [0.29, 0.717) is 31.3 Å². The van der Waals surface area contributed by atoms with Crippen molar-refractivity contribution < 1.29 is 14.0 Å². The van der Waals surface area contributed by atoms with Crippen LogP contribution in [0.1, 0.15) is 36.2 Å². The molecule has 2 heterocycles. The number of amides is 2. The van der Waals surface area contributed by atoms with Crippen LogP contribution in [0.15, 0.2) is 35.5 Å². The molecule has 1 N–H and O–H groups in total. The molecule has 2 fully saturated rings. The van der Waals surface area contributed by atoms with Gasteiger partial charge in [0.05, 0.1) is 12.3 Å². The second-order valence-electron chi connectivity index (χ2n) is 6.83. The highest BCUT2D eigenvalue weighted by Gasteiger charge is 2.37. The van der Waals surface area contributed by atoms with Crippen LogP contribution in [0.5, 0.6) is 0 Å². The van der Waals surface area contributed by atoms with Crippen molar-refractivity contribution in [2.24, 2.45) is 5.92 Å². The van der Waals surface area contributed by atoms with Gasteiger partial charge >= 0.3 is 0 Å². The first-order valence-corrected chi connectivity index (χ1v) is 9.16. The zero-order chi connectivity index (χ0) is 17.6. The predicted octanol–water partition coefficient (Wildman–Crippen LogP) is 1.90. The monoisotopic (exact) mass is 345 g/mol. The molecule has 3 rings (SSSR count). The van der Waals surface area contributed by atoms with Gasteiger partial charge in [0.1, 0.15) is 0 Å². The molecule has 25 heavy (non-hydrogen) atoms. The summed E-state index contributed by atoms with van der Waals surface area (Å²) in [5, 5.41) is 2.97. The molecule has 0 bridgehead atoms. The van der Waals surface area contributed by atoms with Gasteiger partial charge in [-0.2, -0.15) is 0 Å². The maximum atomic E-state index is 12.7. The number of hydrogen-bond donors (Lipinski definition) is 1. The molecular weight excluding hydrogens is 318 g/mol. The quantitative estimate of drug-likeness (QED) is 0.800. The first-order chi connectivity index (χ1) is 12.2. The Balaban J connectivity index is 1.62. The third-order valence-electron chi connectivity index (χ3n) is 5.26. The van der Waals surface area contributed by atoms with Crippen molar-refractivity contribution in [3.05, 3.63) is 36.8 Å². The normalized spacial score (nSPS) is 20.4. The van der Waals surface area contributed by atoms with E-state index >= 15 is 0 Å². The lowest BCUT2D eigenvalue weighted by Gasteiger charge is -2.40. The number of nitrogens with zero attached hydrogens (tertiary/aromatic N) is 2. The van der Waals surface area contributed by atoms with E-state index < -0.39 is 0 Å². The number of piperazine rings is 1.